The largest absolute Gasteiger partial charge is 0.465 e. The summed E-state index contributed by atoms with van der Waals surface area (Å²) in [5, 5.41) is 5.81. The Morgan fingerprint density at radius 3 is 2.29 bits per heavy atom. The minimum atomic E-state index is -3.08. The lowest BCUT2D eigenvalue weighted by Gasteiger charge is -2.31. The summed E-state index contributed by atoms with van der Waals surface area (Å²) in [5.74, 6) is -0.715. The number of H-pyrrole nitrogens is 2. The van der Waals surface area contributed by atoms with Crippen LogP contribution in [0.15, 0.2) is 73.1 Å². The molecule has 0 spiro atoms. The summed E-state index contributed by atoms with van der Waals surface area (Å²) >= 11 is 0. The Morgan fingerprint density at radius 1 is 0.871 bits per heavy atom. The van der Waals surface area contributed by atoms with Crippen LogP contribution in [0.4, 0.5) is 27.2 Å². The summed E-state index contributed by atoms with van der Waals surface area (Å²) in [6, 6.07) is 13.4. The normalized spacial score (nSPS) is 19.4. The molecule has 4 amide bonds. The molecule has 0 radical (unpaired) electrons. The minimum Gasteiger partial charge on any atom is -0.465 e. The lowest BCUT2D eigenvalue weighted by molar-refractivity contribution is -0.135. The maximum Gasteiger partial charge on any atom is 0.407 e. The van der Waals surface area contributed by atoms with Gasteiger partial charge < -0.3 is 53.9 Å². The fourth-order valence-corrected chi connectivity index (χ4v) is 9.69. The van der Waals surface area contributed by atoms with Crippen LogP contribution >= 0.6 is 0 Å². The third-order valence-electron chi connectivity index (χ3n) is 13.1. The van der Waals surface area contributed by atoms with Gasteiger partial charge in [0, 0.05) is 35.0 Å². The van der Waals surface area contributed by atoms with E-state index in [-0.39, 0.29) is 48.3 Å². The van der Waals surface area contributed by atoms with Gasteiger partial charge in [-0.1, -0.05) is 39.0 Å². The second-order valence-electron chi connectivity index (χ2n) is 17.8. The van der Waals surface area contributed by atoms with E-state index in [0.29, 0.717) is 75.7 Å². The molecule has 3 aromatic heterocycles. The first-order valence-corrected chi connectivity index (χ1v) is 22.9. The van der Waals surface area contributed by atoms with Gasteiger partial charge in [-0.2, -0.15) is 8.78 Å². The number of nitrogens with zero attached hydrogens (tertiary/aromatic N) is 5. The molecule has 3 aliphatic rings. The molecule has 6 heterocycles. The molecule has 0 saturated carbocycles. The lowest BCUT2D eigenvalue weighted by Crippen LogP contribution is -2.51. The van der Waals surface area contributed by atoms with E-state index in [9.17, 15) is 32.3 Å². The lowest BCUT2D eigenvalue weighted by atomic mass is 10.0. The van der Waals surface area contributed by atoms with Gasteiger partial charge in [-0.05, 0) is 67.6 Å². The number of hydrogen-bond acceptors (Lipinski definition) is 10. The average molecular weight is 970 g/mol. The van der Waals surface area contributed by atoms with Gasteiger partial charge in [-0.25, -0.2) is 28.3 Å². The average Bonchev–Trinajstić information content (AvgIpc) is 4.21. The van der Waals surface area contributed by atoms with E-state index in [4.69, 9.17) is 14.2 Å². The number of alkyl halides is 3. The Morgan fingerprint density at radius 2 is 1.59 bits per heavy atom. The van der Waals surface area contributed by atoms with Gasteiger partial charge in [0.1, 0.15) is 47.2 Å². The first kappa shape index (κ1) is 47.5. The number of amides is 4. The Labute approximate surface area is 398 Å². The van der Waals surface area contributed by atoms with Crippen molar-refractivity contribution in [1.82, 2.24) is 44.9 Å². The molecule has 6 unspecified atom stereocenters. The number of halogens is 4. The molecule has 0 aliphatic carbocycles. The molecule has 2 fully saturated rings. The van der Waals surface area contributed by atoms with Gasteiger partial charge in [0.05, 0.1) is 73.4 Å². The molecule has 3 aliphatic heterocycles. The Bertz CT molecular complexity index is 2960. The van der Waals surface area contributed by atoms with Crippen LogP contribution < -0.4 is 20.1 Å². The molecule has 3 aromatic carbocycles. The highest BCUT2D eigenvalue weighted by atomic mass is 19.3. The molecule has 0 bridgehead atoms. The number of nitrogens with one attached hydrogen (secondary N) is 4. The number of benzene rings is 3. The number of carbonyl (C=O) groups is 4. The monoisotopic (exact) mass is 969 g/mol. The van der Waals surface area contributed by atoms with Gasteiger partial charge in [0.15, 0.2) is 0 Å². The van der Waals surface area contributed by atoms with Gasteiger partial charge in [-0.15, -0.1) is 0 Å². The minimum absolute atomic E-state index is 0.00557. The number of aromatic amines is 2. The van der Waals surface area contributed by atoms with Crippen molar-refractivity contribution >= 4 is 34.9 Å². The number of aromatic nitrogens is 5. The number of imidazole rings is 2. The Hall–Kier alpha value is -7.58. The second-order valence-corrected chi connectivity index (χ2v) is 17.8. The van der Waals surface area contributed by atoms with Crippen molar-refractivity contribution in [2.24, 2.45) is 5.92 Å². The van der Waals surface area contributed by atoms with Crippen LogP contribution in [0.3, 0.4) is 0 Å². The third-order valence-corrected chi connectivity index (χ3v) is 13.1. The number of hydrogen-bond donors (Lipinski definition) is 4. The van der Waals surface area contributed by atoms with Crippen LogP contribution in [-0.4, -0.2) is 110 Å². The quantitative estimate of drug-likeness (QED) is 0.0814. The first-order chi connectivity index (χ1) is 33.6. The molecule has 70 heavy (non-hydrogen) atoms. The summed E-state index contributed by atoms with van der Waals surface area (Å²) < 4.78 is 81.4. The summed E-state index contributed by atoms with van der Waals surface area (Å²) in [6.45, 7) is 2.56. The number of fused-ring (bicyclic) bond motifs is 5. The first-order valence-electron chi connectivity index (χ1n) is 22.9. The van der Waals surface area contributed by atoms with Gasteiger partial charge in [0.2, 0.25) is 18.0 Å². The smallest absolute Gasteiger partial charge is 0.407 e. The molecule has 6 aromatic rings. The van der Waals surface area contributed by atoms with Crippen molar-refractivity contribution in [3.05, 3.63) is 96.1 Å². The predicted octanol–water partition coefficient (Wildman–Crippen LogP) is 8.56. The zero-order valence-electron chi connectivity index (χ0n) is 38.8. The molecule has 6 atom stereocenters. The zero-order valence-corrected chi connectivity index (χ0v) is 38.8. The summed E-state index contributed by atoms with van der Waals surface area (Å²) in [5.41, 5.74) is 3.67. The standard InChI is InChI=1S/C49H51F4N9O8/c1-6-32(58-48(65)67-4)44(63)61-23-29(50)20-38(61)43-55-21-33(56-43)25-12-13-35-28(15-25)18-37-40-31(51)17-27(19-39(40)70-46(62(35)37)26-9-7-10-30(16-26)69-47(52)53)34-22-54-42(57-34)36-11-8-14-60(36)45(64)41(24(2)3)59-49(66)68-5/h7,9-10,12-13,15-19,21-22,24,29,32,36,38,41,46-47H,6,8,11,14,20,23H2,1-5H3,(H,54,57)(H,55,56)(H,58,65)(H,59,66). The second kappa shape index (κ2) is 19.4. The van der Waals surface area contributed by atoms with Crippen LogP contribution in [0, 0.1) is 11.7 Å². The molecular weight excluding hydrogens is 919 g/mol. The molecule has 2 saturated heterocycles. The van der Waals surface area contributed by atoms with Crippen molar-refractivity contribution in [2.45, 2.75) is 89.6 Å². The van der Waals surface area contributed by atoms with Crippen LogP contribution in [0.5, 0.6) is 11.5 Å². The molecule has 21 heteroatoms. The summed E-state index contributed by atoms with van der Waals surface area (Å²) in [6.07, 6.45) is 0.864. The van der Waals surface area contributed by atoms with E-state index >= 15 is 4.39 Å². The predicted molar refractivity (Wildman–Crippen MR) is 246 cm³/mol. The molecule has 17 nitrogen and oxygen atoms in total. The number of methoxy groups -OCH3 is 2. The van der Waals surface area contributed by atoms with Gasteiger partial charge >= 0.3 is 18.8 Å². The maximum absolute atomic E-state index is 16.9. The van der Waals surface area contributed by atoms with Crippen molar-refractivity contribution in [3.8, 4) is 45.3 Å². The fourth-order valence-electron chi connectivity index (χ4n) is 9.69. The van der Waals surface area contributed by atoms with Crippen molar-refractivity contribution in [3.63, 3.8) is 0 Å². The van der Waals surface area contributed by atoms with Crippen molar-refractivity contribution in [1.29, 1.82) is 0 Å². The van der Waals surface area contributed by atoms with E-state index in [1.54, 1.807) is 53.0 Å². The van der Waals surface area contributed by atoms with E-state index in [1.165, 1.54) is 37.3 Å². The van der Waals surface area contributed by atoms with E-state index in [0.717, 1.165) is 0 Å². The Kier molecular flexibility index (Phi) is 13.2. The van der Waals surface area contributed by atoms with E-state index in [2.05, 4.69) is 35.3 Å². The zero-order chi connectivity index (χ0) is 49.5. The maximum atomic E-state index is 16.9. The summed E-state index contributed by atoms with van der Waals surface area (Å²) in [7, 11) is 2.42. The SMILES string of the molecule is CCC(NC(=O)OC)C(=O)N1CC(F)CC1c1ncc(-c2ccc3c(c2)cc2n3C(c3cccc(OC(F)F)c3)Oc3cc(-c4cnc(C5CCCN5C(=O)C(NC(=O)OC)C(C)C)[nH]4)cc(F)c3-2)[nH]1. The van der Waals surface area contributed by atoms with Gasteiger partial charge in [-0.3, -0.25) is 9.59 Å². The highest BCUT2D eigenvalue weighted by Gasteiger charge is 2.41. The fraction of sp³-hybridized carbons (Fsp3) is 0.388. The number of alkyl carbamates (subject to hydrolysis) is 2. The molecular formula is C49H51F4N9O8. The number of likely N-dealkylation sites (tertiary alicyclic amines) is 2. The van der Waals surface area contributed by atoms with Crippen LogP contribution in [0.1, 0.15) is 82.0 Å². The number of rotatable bonds is 13. The van der Waals surface area contributed by atoms with Crippen LogP contribution in [-0.2, 0) is 19.1 Å². The summed E-state index contributed by atoms with van der Waals surface area (Å²) in [4.78, 5) is 70.2. The van der Waals surface area contributed by atoms with E-state index in [1.807, 2.05) is 32.0 Å². The van der Waals surface area contributed by atoms with Crippen molar-refractivity contribution in [2.75, 3.05) is 27.3 Å². The highest BCUT2D eigenvalue weighted by molar-refractivity contribution is 5.93. The third kappa shape index (κ3) is 9.06. The topological polar surface area (TPSA) is 198 Å². The highest BCUT2D eigenvalue weighted by Crippen LogP contribution is 2.48. The van der Waals surface area contributed by atoms with Gasteiger partial charge in [0.25, 0.3) is 0 Å². The van der Waals surface area contributed by atoms with E-state index < -0.39 is 67.1 Å². The molecule has 9 rings (SSSR count). The Balaban J connectivity index is 1.05. The number of carbonyl (C=O) groups excluding carboxylic acids is 4. The number of ether oxygens (including phenoxy) is 4. The van der Waals surface area contributed by atoms with Crippen LogP contribution in [0.25, 0.3) is 44.7 Å². The molecule has 368 valence electrons. The molecule has 4 N–H and O–H groups in total. The van der Waals surface area contributed by atoms with Crippen molar-refractivity contribution < 1.29 is 55.7 Å². The van der Waals surface area contributed by atoms with Crippen LogP contribution in [0.2, 0.25) is 0 Å².